The maximum atomic E-state index is 4.01. The van der Waals surface area contributed by atoms with Crippen LogP contribution in [0.2, 0.25) is 0 Å². The Labute approximate surface area is 141 Å². The molecule has 0 radical (unpaired) electrons. The lowest BCUT2D eigenvalue weighted by Gasteiger charge is -2.26. The van der Waals surface area contributed by atoms with Gasteiger partial charge in [-0.25, -0.2) is 0 Å². The van der Waals surface area contributed by atoms with Gasteiger partial charge in [0.25, 0.3) is 0 Å². The lowest BCUT2D eigenvalue weighted by atomic mass is 10.1. The van der Waals surface area contributed by atoms with Gasteiger partial charge in [0.05, 0.1) is 0 Å². The summed E-state index contributed by atoms with van der Waals surface area (Å²) in [6.07, 6.45) is 13.3. The first-order valence-electron chi connectivity index (χ1n) is 7.81. The average Bonchev–Trinajstić information content (AvgIpc) is 2.48. The first-order chi connectivity index (χ1) is 9.45. The topological polar surface area (TPSA) is 28.2 Å². The van der Waals surface area contributed by atoms with Crippen molar-refractivity contribution < 1.29 is 0 Å². The van der Waals surface area contributed by atoms with E-state index in [4.69, 9.17) is 0 Å². The molecule has 3 nitrogen and oxygen atoms in total. The van der Waals surface area contributed by atoms with Crippen molar-refractivity contribution in [3.8, 4) is 0 Å². The number of anilines is 1. The number of hydrogen-bond donors (Lipinski definition) is 1. The second-order valence-corrected chi connectivity index (χ2v) is 5.48. The Hall–Kier alpha value is -0.510. The van der Waals surface area contributed by atoms with E-state index in [0.717, 1.165) is 6.54 Å². The number of aromatic nitrogens is 1. The van der Waals surface area contributed by atoms with Crippen LogP contribution in [0.15, 0.2) is 24.5 Å². The molecule has 0 unspecified atom stereocenters. The predicted molar refractivity (Wildman–Crippen MR) is 96.0 cm³/mol. The largest absolute Gasteiger partial charge is 0.385 e. The summed E-state index contributed by atoms with van der Waals surface area (Å²) >= 11 is 0. The van der Waals surface area contributed by atoms with Crippen LogP contribution in [0, 0.1) is 0 Å². The van der Waals surface area contributed by atoms with E-state index in [2.05, 4.69) is 15.2 Å². The van der Waals surface area contributed by atoms with Crippen molar-refractivity contribution in [3.05, 3.63) is 24.5 Å². The normalized spacial score (nSPS) is 14.9. The van der Waals surface area contributed by atoms with Crippen LogP contribution in [0.3, 0.4) is 0 Å². The Morgan fingerprint density at radius 3 is 2.29 bits per heavy atom. The number of nitrogens with one attached hydrogen (secondary N) is 1. The van der Waals surface area contributed by atoms with Crippen molar-refractivity contribution in [3.63, 3.8) is 0 Å². The number of hydrogen-bond acceptors (Lipinski definition) is 3. The Kier molecular flexibility index (Phi) is 12.9. The minimum Gasteiger partial charge on any atom is -0.385 e. The molecule has 0 aliphatic carbocycles. The Morgan fingerprint density at radius 1 is 0.905 bits per heavy atom. The molecule has 1 N–H and O–H groups in total. The lowest BCUT2D eigenvalue weighted by molar-refractivity contribution is 0.224. The molecule has 0 saturated carbocycles. The van der Waals surface area contributed by atoms with Crippen molar-refractivity contribution in [1.29, 1.82) is 0 Å². The molecule has 1 aromatic heterocycles. The maximum Gasteiger partial charge on any atom is 0.0371 e. The van der Waals surface area contributed by atoms with Crippen LogP contribution in [0.1, 0.15) is 44.9 Å². The van der Waals surface area contributed by atoms with Crippen molar-refractivity contribution >= 4 is 30.5 Å². The van der Waals surface area contributed by atoms with Crippen LogP contribution < -0.4 is 5.32 Å². The van der Waals surface area contributed by atoms with Crippen molar-refractivity contribution in [2.24, 2.45) is 0 Å². The summed E-state index contributed by atoms with van der Waals surface area (Å²) in [6, 6.07) is 4.05. The monoisotopic (exact) mass is 333 g/mol. The van der Waals surface area contributed by atoms with Gasteiger partial charge in [-0.05, 0) is 57.5 Å². The molecular formula is C16H29Cl2N3. The SMILES string of the molecule is Cl.Cl.c1cc(NCCCCCCN2CCCCC2)ccn1. The van der Waals surface area contributed by atoms with E-state index in [0.29, 0.717) is 0 Å². The smallest absolute Gasteiger partial charge is 0.0371 e. The van der Waals surface area contributed by atoms with Crippen molar-refractivity contribution in [1.82, 2.24) is 9.88 Å². The van der Waals surface area contributed by atoms with Crippen LogP contribution in [-0.2, 0) is 0 Å². The zero-order chi connectivity index (χ0) is 13.2. The third kappa shape index (κ3) is 9.18. The van der Waals surface area contributed by atoms with Gasteiger partial charge in [0.15, 0.2) is 0 Å². The molecule has 0 spiro atoms. The fourth-order valence-corrected chi connectivity index (χ4v) is 2.70. The molecule has 5 heteroatoms. The van der Waals surface area contributed by atoms with E-state index < -0.39 is 0 Å². The highest BCUT2D eigenvalue weighted by atomic mass is 35.5. The molecule has 1 aliphatic heterocycles. The summed E-state index contributed by atoms with van der Waals surface area (Å²) in [5, 5.41) is 3.43. The second kappa shape index (κ2) is 13.2. The number of piperidine rings is 1. The van der Waals surface area contributed by atoms with Gasteiger partial charge in [0, 0.05) is 24.6 Å². The molecule has 1 fully saturated rings. The fraction of sp³-hybridized carbons (Fsp3) is 0.688. The maximum absolute atomic E-state index is 4.01. The summed E-state index contributed by atoms with van der Waals surface area (Å²) in [6.45, 7) is 5.07. The molecule has 2 rings (SSSR count). The summed E-state index contributed by atoms with van der Waals surface area (Å²) < 4.78 is 0. The van der Waals surface area contributed by atoms with E-state index >= 15 is 0 Å². The third-order valence-corrected chi connectivity index (χ3v) is 3.86. The Balaban J connectivity index is 0.00000200. The summed E-state index contributed by atoms with van der Waals surface area (Å²) in [7, 11) is 0. The fourth-order valence-electron chi connectivity index (χ4n) is 2.70. The predicted octanol–water partition coefficient (Wildman–Crippen LogP) is 4.38. The van der Waals surface area contributed by atoms with E-state index in [1.807, 2.05) is 24.5 Å². The molecule has 0 atom stereocenters. The molecule has 1 aliphatic rings. The van der Waals surface area contributed by atoms with Gasteiger partial charge in [0.2, 0.25) is 0 Å². The Morgan fingerprint density at radius 2 is 1.57 bits per heavy atom. The highest BCUT2D eigenvalue weighted by Crippen LogP contribution is 2.10. The standard InChI is InChI=1S/C16H27N3.2ClH/c1(2-5-13-19-14-6-3-7-15-19)4-10-18-16-8-11-17-12-9-16;;/h8-9,11-12H,1-7,10,13-15H2,(H,17,18);2*1H. The summed E-state index contributed by atoms with van der Waals surface area (Å²) in [5.74, 6) is 0. The lowest BCUT2D eigenvalue weighted by Crippen LogP contribution is -2.30. The van der Waals surface area contributed by atoms with E-state index in [1.165, 1.54) is 70.3 Å². The minimum atomic E-state index is 0. The van der Waals surface area contributed by atoms with E-state index in [9.17, 15) is 0 Å². The molecule has 1 aromatic rings. The number of likely N-dealkylation sites (tertiary alicyclic amines) is 1. The van der Waals surface area contributed by atoms with Gasteiger partial charge in [-0.1, -0.05) is 19.3 Å². The van der Waals surface area contributed by atoms with Gasteiger partial charge in [-0.2, -0.15) is 0 Å². The highest BCUT2D eigenvalue weighted by Gasteiger charge is 2.08. The van der Waals surface area contributed by atoms with Gasteiger partial charge in [-0.15, -0.1) is 24.8 Å². The molecule has 2 heterocycles. The molecular weight excluding hydrogens is 305 g/mol. The van der Waals surface area contributed by atoms with Crippen LogP contribution in [0.4, 0.5) is 5.69 Å². The molecule has 122 valence electrons. The number of pyridine rings is 1. The molecule has 0 amide bonds. The van der Waals surface area contributed by atoms with Crippen molar-refractivity contribution in [2.75, 3.05) is 31.5 Å². The number of nitrogens with zero attached hydrogens (tertiary/aromatic N) is 2. The van der Waals surface area contributed by atoms with Gasteiger partial charge in [-0.3, -0.25) is 4.98 Å². The van der Waals surface area contributed by atoms with Gasteiger partial charge < -0.3 is 10.2 Å². The molecule has 1 saturated heterocycles. The van der Waals surface area contributed by atoms with Crippen LogP contribution >= 0.6 is 24.8 Å². The second-order valence-electron chi connectivity index (χ2n) is 5.48. The Bertz CT molecular complexity index is 330. The first-order valence-corrected chi connectivity index (χ1v) is 7.81. The van der Waals surface area contributed by atoms with E-state index in [-0.39, 0.29) is 24.8 Å². The molecule has 0 aromatic carbocycles. The molecule has 0 bridgehead atoms. The number of unbranched alkanes of at least 4 members (excludes halogenated alkanes) is 3. The zero-order valence-electron chi connectivity index (χ0n) is 12.8. The summed E-state index contributed by atoms with van der Waals surface area (Å²) in [5.41, 5.74) is 1.18. The van der Waals surface area contributed by atoms with Crippen LogP contribution in [0.25, 0.3) is 0 Å². The van der Waals surface area contributed by atoms with E-state index in [1.54, 1.807) is 0 Å². The van der Waals surface area contributed by atoms with Crippen molar-refractivity contribution in [2.45, 2.75) is 44.9 Å². The van der Waals surface area contributed by atoms with Gasteiger partial charge >= 0.3 is 0 Å². The van der Waals surface area contributed by atoms with Gasteiger partial charge in [0.1, 0.15) is 0 Å². The first kappa shape index (κ1) is 20.5. The minimum absolute atomic E-state index is 0. The average molecular weight is 334 g/mol. The molecule has 21 heavy (non-hydrogen) atoms. The number of rotatable bonds is 8. The zero-order valence-corrected chi connectivity index (χ0v) is 14.4. The number of halogens is 2. The highest BCUT2D eigenvalue weighted by molar-refractivity contribution is 5.85. The third-order valence-electron chi connectivity index (χ3n) is 3.86. The van der Waals surface area contributed by atoms with Crippen LogP contribution in [0.5, 0.6) is 0 Å². The quantitative estimate of drug-likeness (QED) is 0.715. The van der Waals surface area contributed by atoms with Crippen LogP contribution in [-0.4, -0.2) is 36.1 Å². The summed E-state index contributed by atoms with van der Waals surface area (Å²) in [4.78, 5) is 6.65.